The molecule has 158 valence electrons. The van der Waals surface area contributed by atoms with Crippen LogP contribution in [0.1, 0.15) is 48.8 Å². The van der Waals surface area contributed by atoms with Gasteiger partial charge in [-0.3, -0.25) is 14.4 Å². The Morgan fingerprint density at radius 3 is 2.19 bits per heavy atom. The number of furan rings is 1. The van der Waals surface area contributed by atoms with Crippen molar-refractivity contribution in [2.75, 3.05) is 6.54 Å². The van der Waals surface area contributed by atoms with Crippen LogP contribution in [0.5, 0.6) is 0 Å². The van der Waals surface area contributed by atoms with Crippen LogP contribution in [0.25, 0.3) is 11.3 Å². The van der Waals surface area contributed by atoms with Gasteiger partial charge >= 0.3 is 0 Å². The highest BCUT2D eigenvalue weighted by molar-refractivity contribution is 6.30. The number of amides is 1. The molecule has 32 heavy (non-hydrogen) atoms. The first-order valence-corrected chi connectivity index (χ1v) is 10.4. The van der Waals surface area contributed by atoms with Gasteiger partial charge in [-0.05, 0) is 18.6 Å². The summed E-state index contributed by atoms with van der Waals surface area (Å²) in [6, 6.07) is 19.6. The van der Waals surface area contributed by atoms with E-state index in [-0.39, 0.29) is 45.3 Å². The number of aromatic nitrogens is 1. The number of rotatable bonds is 6. The van der Waals surface area contributed by atoms with Crippen molar-refractivity contribution in [3.05, 3.63) is 107 Å². The Morgan fingerprint density at radius 2 is 1.47 bits per heavy atom. The summed E-state index contributed by atoms with van der Waals surface area (Å²) in [5.41, 5.74) is 1.35. The fourth-order valence-corrected chi connectivity index (χ4v) is 4.02. The van der Waals surface area contributed by atoms with Crippen LogP contribution in [-0.2, 0) is 6.54 Å². The average Bonchev–Trinajstić information content (AvgIpc) is 3.49. The molecule has 0 atom stereocenters. The maximum Gasteiger partial charge on any atom is 0.256 e. The molecule has 0 aliphatic heterocycles. The largest absolute Gasteiger partial charge is 0.451 e. The Hall–Kier alpha value is -4.19. The molecule has 0 saturated carbocycles. The van der Waals surface area contributed by atoms with E-state index < -0.39 is 5.91 Å². The Morgan fingerprint density at radius 1 is 0.812 bits per heavy atom. The van der Waals surface area contributed by atoms with E-state index in [4.69, 9.17) is 4.42 Å². The van der Waals surface area contributed by atoms with E-state index in [0.29, 0.717) is 12.1 Å². The number of benzene rings is 2. The number of ketones is 2. The van der Waals surface area contributed by atoms with E-state index in [1.54, 1.807) is 36.4 Å². The molecule has 2 aromatic heterocycles. The third kappa shape index (κ3) is 3.36. The number of hydrogen-bond acceptors (Lipinski definition) is 4. The van der Waals surface area contributed by atoms with Gasteiger partial charge < -0.3 is 14.3 Å². The molecule has 1 N–H and O–H groups in total. The number of nitrogens with one attached hydrogen (secondary N) is 1. The molecule has 6 nitrogen and oxygen atoms in total. The molecule has 2 heterocycles. The molecule has 2 aromatic carbocycles. The van der Waals surface area contributed by atoms with Gasteiger partial charge in [0.2, 0.25) is 5.78 Å². The van der Waals surface area contributed by atoms with Crippen molar-refractivity contribution in [2.45, 2.75) is 13.0 Å². The van der Waals surface area contributed by atoms with Crippen LogP contribution in [0.2, 0.25) is 0 Å². The second-order valence-corrected chi connectivity index (χ2v) is 7.61. The molecular formula is C26H20N2O4. The molecule has 0 fully saturated rings. The zero-order valence-corrected chi connectivity index (χ0v) is 17.2. The van der Waals surface area contributed by atoms with Crippen LogP contribution < -0.4 is 5.32 Å². The van der Waals surface area contributed by atoms with E-state index in [1.165, 1.54) is 0 Å². The van der Waals surface area contributed by atoms with Crippen molar-refractivity contribution in [3.8, 4) is 11.3 Å². The molecule has 1 aliphatic rings. The Kier molecular flexibility index (Phi) is 5.03. The van der Waals surface area contributed by atoms with Gasteiger partial charge in [-0.25, -0.2) is 0 Å². The molecule has 5 rings (SSSR count). The van der Waals surface area contributed by atoms with Crippen molar-refractivity contribution in [3.63, 3.8) is 0 Å². The highest BCUT2D eigenvalue weighted by Gasteiger charge is 2.39. The fourth-order valence-electron chi connectivity index (χ4n) is 4.02. The van der Waals surface area contributed by atoms with Gasteiger partial charge in [-0.2, -0.15) is 0 Å². The van der Waals surface area contributed by atoms with Crippen molar-refractivity contribution in [1.82, 2.24) is 9.88 Å². The summed E-state index contributed by atoms with van der Waals surface area (Å²) in [4.78, 5) is 39.7. The lowest BCUT2D eigenvalue weighted by molar-refractivity contribution is 0.0938. The lowest BCUT2D eigenvalue weighted by Crippen LogP contribution is -2.28. The summed E-state index contributed by atoms with van der Waals surface area (Å²) in [5, 5.41) is 2.89. The zero-order chi connectivity index (χ0) is 22.1. The minimum absolute atomic E-state index is 0.0375. The summed E-state index contributed by atoms with van der Waals surface area (Å²) in [5.74, 6) is -1.04. The van der Waals surface area contributed by atoms with E-state index in [9.17, 15) is 14.4 Å². The monoisotopic (exact) mass is 424 g/mol. The van der Waals surface area contributed by atoms with E-state index in [2.05, 4.69) is 5.32 Å². The number of fused-ring (bicyclic) bond motifs is 2. The molecule has 0 unspecified atom stereocenters. The lowest BCUT2D eigenvalue weighted by atomic mass is 9.86. The molecule has 0 saturated heterocycles. The lowest BCUT2D eigenvalue weighted by Gasteiger charge is -2.14. The number of carbonyl (C=O) groups excluding carboxylic acids is 3. The second kappa shape index (κ2) is 8.15. The summed E-state index contributed by atoms with van der Waals surface area (Å²) in [6.07, 6.45) is 4.64. The molecule has 0 bridgehead atoms. The fraction of sp³-hybridized carbons (Fsp3) is 0.115. The maximum atomic E-state index is 13.3. The quantitative estimate of drug-likeness (QED) is 0.411. The maximum absolute atomic E-state index is 13.3. The van der Waals surface area contributed by atoms with E-state index >= 15 is 0 Å². The summed E-state index contributed by atoms with van der Waals surface area (Å²) >= 11 is 0. The van der Waals surface area contributed by atoms with Crippen LogP contribution in [-0.4, -0.2) is 28.6 Å². The van der Waals surface area contributed by atoms with Gasteiger partial charge in [0.25, 0.3) is 5.91 Å². The first kappa shape index (κ1) is 19.8. The summed E-state index contributed by atoms with van der Waals surface area (Å²) in [7, 11) is 0. The molecule has 0 radical (unpaired) electrons. The van der Waals surface area contributed by atoms with Crippen molar-refractivity contribution < 1.29 is 18.8 Å². The SMILES string of the molecule is O=C1c2ccccc2C(=O)c2c1oc(-c1ccccc1)c2C(=O)NCCCn1cccc1. The third-order valence-electron chi connectivity index (χ3n) is 5.57. The van der Waals surface area contributed by atoms with Crippen LogP contribution in [0.15, 0.2) is 83.5 Å². The van der Waals surface area contributed by atoms with Gasteiger partial charge in [0.1, 0.15) is 5.76 Å². The Balaban J connectivity index is 1.52. The smallest absolute Gasteiger partial charge is 0.256 e. The highest BCUT2D eigenvalue weighted by Crippen LogP contribution is 2.37. The second-order valence-electron chi connectivity index (χ2n) is 7.61. The highest BCUT2D eigenvalue weighted by atomic mass is 16.4. The van der Waals surface area contributed by atoms with Crippen molar-refractivity contribution in [2.24, 2.45) is 0 Å². The molecule has 0 spiro atoms. The predicted molar refractivity (Wildman–Crippen MR) is 119 cm³/mol. The van der Waals surface area contributed by atoms with Gasteiger partial charge in [0.05, 0.1) is 11.1 Å². The van der Waals surface area contributed by atoms with Gasteiger partial charge in [0.15, 0.2) is 11.5 Å². The average molecular weight is 424 g/mol. The summed E-state index contributed by atoms with van der Waals surface area (Å²) in [6.45, 7) is 1.18. The zero-order valence-electron chi connectivity index (χ0n) is 17.2. The van der Waals surface area contributed by atoms with Crippen LogP contribution >= 0.6 is 0 Å². The molecule has 1 aliphatic carbocycles. The standard InChI is InChI=1S/C26H20N2O4/c29-22-18-11-4-5-12-19(18)23(30)25-20(22)21(24(32-25)17-9-2-1-3-10-17)26(31)27-13-8-16-28-14-6-7-15-28/h1-7,9-12,14-15H,8,13,16H2,(H,27,31). The normalized spacial score (nSPS) is 12.4. The predicted octanol–water partition coefficient (Wildman–Crippen LogP) is 4.34. The number of aryl methyl sites for hydroxylation is 1. The number of carbonyl (C=O) groups is 3. The van der Waals surface area contributed by atoms with Gasteiger partial charge in [-0.15, -0.1) is 0 Å². The Bertz CT molecular complexity index is 1320. The van der Waals surface area contributed by atoms with Crippen LogP contribution in [0, 0.1) is 0 Å². The van der Waals surface area contributed by atoms with Gasteiger partial charge in [0, 0.05) is 42.2 Å². The van der Waals surface area contributed by atoms with Crippen molar-refractivity contribution in [1.29, 1.82) is 0 Å². The minimum atomic E-state index is -0.429. The first-order chi connectivity index (χ1) is 15.6. The molecule has 6 heteroatoms. The van der Waals surface area contributed by atoms with Crippen LogP contribution in [0.3, 0.4) is 0 Å². The van der Waals surface area contributed by atoms with E-state index in [1.807, 2.05) is 47.3 Å². The number of hydrogen-bond donors (Lipinski definition) is 1. The minimum Gasteiger partial charge on any atom is -0.451 e. The number of nitrogens with zero attached hydrogens (tertiary/aromatic N) is 1. The Labute approximate surface area is 184 Å². The van der Waals surface area contributed by atoms with Crippen molar-refractivity contribution >= 4 is 17.5 Å². The molecule has 4 aromatic rings. The summed E-state index contributed by atoms with van der Waals surface area (Å²) < 4.78 is 7.94. The van der Waals surface area contributed by atoms with Crippen LogP contribution in [0.4, 0.5) is 0 Å². The van der Waals surface area contributed by atoms with E-state index in [0.717, 1.165) is 13.0 Å². The topological polar surface area (TPSA) is 81.3 Å². The first-order valence-electron chi connectivity index (χ1n) is 10.4. The molecule has 1 amide bonds. The molecular weight excluding hydrogens is 404 g/mol. The van der Waals surface area contributed by atoms with Gasteiger partial charge in [-0.1, -0.05) is 54.6 Å². The third-order valence-corrected chi connectivity index (χ3v) is 5.57.